The number of halogens is 1. The van der Waals surface area contributed by atoms with Gasteiger partial charge in [0.15, 0.2) is 11.5 Å². The molecule has 0 aliphatic carbocycles. The molecule has 118 valence electrons. The predicted molar refractivity (Wildman–Crippen MR) is 91.2 cm³/mol. The SMILES string of the molecule is COc1cc(CNCc2ccncc2)cc(Br)c1OC(C)C. The molecule has 2 rings (SSSR count). The minimum absolute atomic E-state index is 0.0980. The molecule has 2 aromatic rings. The molecule has 0 saturated carbocycles. The van der Waals surface area contributed by atoms with E-state index in [0.717, 1.165) is 34.6 Å². The summed E-state index contributed by atoms with van der Waals surface area (Å²) < 4.78 is 12.1. The summed E-state index contributed by atoms with van der Waals surface area (Å²) in [4.78, 5) is 4.01. The van der Waals surface area contributed by atoms with Gasteiger partial charge in [0.2, 0.25) is 0 Å². The first-order chi connectivity index (χ1) is 10.6. The lowest BCUT2D eigenvalue weighted by atomic mass is 10.2. The third-order valence-electron chi connectivity index (χ3n) is 3.05. The third kappa shape index (κ3) is 4.71. The number of ether oxygens (including phenoxy) is 2. The molecular weight excluding hydrogens is 344 g/mol. The van der Waals surface area contributed by atoms with Gasteiger partial charge in [-0.2, -0.15) is 0 Å². The van der Waals surface area contributed by atoms with Gasteiger partial charge in [-0.05, 0) is 65.2 Å². The highest BCUT2D eigenvalue weighted by Gasteiger charge is 2.13. The van der Waals surface area contributed by atoms with Crippen LogP contribution in [0.1, 0.15) is 25.0 Å². The maximum atomic E-state index is 5.80. The van der Waals surface area contributed by atoms with E-state index in [1.807, 2.05) is 32.0 Å². The molecule has 1 N–H and O–H groups in total. The van der Waals surface area contributed by atoms with Crippen LogP contribution in [0.2, 0.25) is 0 Å². The summed E-state index contributed by atoms with van der Waals surface area (Å²) >= 11 is 3.56. The van der Waals surface area contributed by atoms with Gasteiger partial charge in [0.1, 0.15) is 0 Å². The summed E-state index contributed by atoms with van der Waals surface area (Å²) in [5, 5.41) is 3.41. The Morgan fingerprint density at radius 2 is 1.82 bits per heavy atom. The standard InChI is InChI=1S/C17H21BrN2O2/c1-12(2)22-17-15(18)8-14(9-16(17)21-3)11-20-10-13-4-6-19-7-5-13/h4-9,12,20H,10-11H2,1-3H3. The Bertz CT molecular complexity index is 603. The fourth-order valence-corrected chi connectivity index (χ4v) is 2.66. The van der Waals surface area contributed by atoms with Crippen molar-refractivity contribution in [1.29, 1.82) is 0 Å². The second-order valence-corrected chi connectivity index (χ2v) is 6.09. The van der Waals surface area contributed by atoms with Gasteiger partial charge >= 0.3 is 0 Å². The molecule has 0 amide bonds. The molecule has 1 aromatic carbocycles. The van der Waals surface area contributed by atoms with Crippen LogP contribution in [0.5, 0.6) is 11.5 Å². The normalized spacial score (nSPS) is 10.8. The van der Waals surface area contributed by atoms with E-state index in [9.17, 15) is 0 Å². The summed E-state index contributed by atoms with van der Waals surface area (Å²) in [7, 11) is 1.66. The number of methoxy groups -OCH3 is 1. The first-order valence-electron chi connectivity index (χ1n) is 7.23. The number of hydrogen-bond acceptors (Lipinski definition) is 4. The predicted octanol–water partition coefficient (Wildman–Crippen LogP) is 3.93. The smallest absolute Gasteiger partial charge is 0.175 e. The van der Waals surface area contributed by atoms with Crippen LogP contribution in [0.4, 0.5) is 0 Å². The largest absolute Gasteiger partial charge is 0.493 e. The van der Waals surface area contributed by atoms with Gasteiger partial charge in [-0.3, -0.25) is 4.98 Å². The highest BCUT2D eigenvalue weighted by Crippen LogP contribution is 2.37. The van der Waals surface area contributed by atoms with Crippen molar-refractivity contribution in [2.45, 2.75) is 33.0 Å². The van der Waals surface area contributed by atoms with E-state index in [1.165, 1.54) is 5.56 Å². The van der Waals surface area contributed by atoms with Gasteiger partial charge in [0, 0.05) is 25.5 Å². The van der Waals surface area contributed by atoms with Crippen LogP contribution in [0.25, 0.3) is 0 Å². The van der Waals surface area contributed by atoms with Crippen LogP contribution in [0.3, 0.4) is 0 Å². The molecule has 0 aliphatic rings. The van der Waals surface area contributed by atoms with E-state index in [4.69, 9.17) is 9.47 Å². The fraction of sp³-hybridized carbons (Fsp3) is 0.353. The second-order valence-electron chi connectivity index (χ2n) is 5.23. The number of hydrogen-bond donors (Lipinski definition) is 1. The molecule has 0 unspecified atom stereocenters. The number of nitrogens with zero attached hydrogens (tertiary/aromatic N) is 1. The van der Waals surface area contributed by atoms with E-state index in [0.29, 0.717) is 0 Å². The van der Waals surface area contributed by atoms with Gasteiger partial charge in [0.05, 0.1) is 17.7 Å². The highest BCUT2D eigenvalue weighted by atomic mass is 79.9. The van der Waals surface area contributed by atoms with Crippen LogP contribution in [-0.2, 0) is 13.1 Å². The lowest BCUT2D eigenvalue weighted by Gasteiger charge is -2.16. The quantitative estimate of drug-likeness (QED) is 0.808. The molecule has 0 atom stereocenters. The lowest BCUT2D eigenvalue weighted by Crippen LogP contribution is -2.13. The molecule has 0 spiro atoms. The van der Waals surface area contributed by atoms with E-state index in [-0.39, 0.29) is 6.10 Å². The molecular formula is C17H21BrN2O2. The van der Waals surface area contributed by atoms with E-state index in [1.54, 1.807) is 19.5 Å². The molecule has 22 heavy (non-hydrogen) atoms. The Labute approximate surface area is 140 Å². The molecule has 0 saturated heterocycles. The van der Waals surface area contributed by atoms with Gasteiger partial charge in [-0.1, -0.05) is 0 Å². The third-order valence-corrected chi connectivity index (χ3v) is 3.64. The fourth-order valence-electron chi connectivity index (χ4n) is 2.08. The van der Waals surface area contributed by atoms with Gasteiger partial charge in [-0.15, -0.1) is 0 Å². The average Bonchev–Trinajstić information content (AvgIpc) is 2.50. The van der Waals surface area contributed by atoms with Crippen LogP contribution < -0.4 is 14.8 Å². The van der Waals surface area contributed by atoms with Crippen molar-refractivity contribution in [3.8, 4) is 11.5 Å². The maximum Gasteiger partial charge on any atom is 0.175 e. The van der Waals surface area contributed by atoms with Crippen molar-refractivity contribution in [1.82, 2.24) is 10.3 Å². The Morgan fingerprint density at radius 1 is 1.14 bits per heavy atom. The molecule has 1 aromatic heterocycles. The zero-order valence-corrected chi connectivity index (χ0v) is 14.7. The first-order valence-corrected chi connectivity index (χ1v) is 8.02. The molecule has 0 fully saturated rings. The summed E-state index contributed by atoms with van der Waals surface area (Å²) in [6, 6.07) is 8.06. The Balaban J connectivity index is 2.04. The minimum atomic E-state index is 0.0980. The number of benzene rings is 1. The van der Waals surface area contributed by atoms with Crippen molar-refractivity contribution in [2.75, 3.05) is 7.11 Å². The first kappa shape index (κ1) is 16.8. The van der Waals surface area contributed by atoms with Crippen molar-refractivity contribution < 1.29 is 9.47 Å². The Hall–Kier alpha value is -1.59. The summed E-state index contributed by atoms with van der Waals surface area (Å²) in [6.45, 7) is 5.54. The van der Waals surface area contributed by atoms with E-state index < -0.39 is 0 Å². The number of aromatic nitrogens is 1. The topological polar surface area (TPSA) is 43.4 Å². The minimum Gasteiger partial charge on any atom is -0.493 e. The number of rotatable bonds is 7. The van der Waals surface area contributed by atoms with Crippen LogP contribution >= 0.6 is 15.9 Å². The average molecular weight is 365 g/mol. The summed E-state index contributed by atoms with van der Waals surface area (Å²) in [5.41, 5.74) is 2.34. The molecule has 0 radical (unpaired) electrons. The van der Waals surface area contributed by atoms with Crippen molar-refractivity contribution >= 4 is 15.9 Å². The second kappa shape index (κ2) is 8.15. The lowest BCUT2D eigenvalue weighted by molar-refractivity contribution is 0.228. The summed E-state index contributed by atoms with van der Waals surface area (Å²) in [6.07, 6.45) is 3.70. The van der Waals surface area contributed by atoms with Gasteiger partial charge in [0.25, 0.3) is 0 Å². The highest BCUT2D eigenvalue weighted by molar-refractivity contribution is 9.10. The molecule has 0 aliphatic heterocycles. The van der Waals surface area contributed by atoms with Crippen LogP contribution in [-0.4, -0.2) is 18.2 Å². The Morgan fingerprint density at radius 3 is 2.45 bits per heavy atom. The molecule has 1 heterocycles. The maximum absolute atomic E-state index is 5.80. The van der Waals surface area contributed by atoms with Gasteiger partial charge < -0.3 is 14.8 Å². The molecule has 5 heteroatoms. The summed E-state index contributed by atoms with van der Waals surface area (Å²) in [5.74, 6) is 1.49. The van der Waals surface area contributed by atoms with Gasteiger partial charge in [-0.25, -0.2) is 0 Å². The van der Waals surface area contributed by atoms with E-state index in [2.05, 4.69) is 32.3 Å². The number of nitrogens with one attached hydrogen (secondary N) is 1. The molecule has 4 nitrogen and oxygen atoms in total. The molecule has 0 bridgehead atoms. The van der Waals surface area contributed by atoms with Crippen LogP contribution in [0, 0.1) is 0 Å². The van der Waals surface area contributed by atoms with Crippen molar-refractivity contribution in [2.24, 2.45) is 0 Å². The van der Waals surface area contributed by atoms with E-state index >= 15 is 0 Å². The zero-order valence-electron chi connectivity index (χ0n) is 13.1. The van der Waals surface area contributed by atoms with Crippen molar-refractivity contribution in [3.05, 3.63) is 52.3 Å². The zero-order chi connectivity index (χ0) is 15.9. The Kier molecular flexibility index (Phi) is 6.21. The monoisotopic (exact) mass is 364 g/mol. The van der Waals surface area contributed by atoms with Crippen LogP contribution in [0.15, 0.2) is 41.1 Å². The van der Waals surface area contributed by atoms with Crippen molar-refractivity contribution in [3.63, 3.8) is 0 Å². The number of pyridine rings is 1.